The van der Waals surface area contributed by atoms with Crippen molar-refractivity contribution in [2.75, 3.05) is 13.1 Å². The molecule has 0 radical (unpaired) electrons. The van der Waals surface area contributed by atoms with E-state index in [-0.39, 0.29) is 5.76 Å². The molecule has 0 unspecified atom stereocenters. The molecule has 0 spiro atoms. The molecule has 1 saturated heterocycles. The number of aliphatic hydroxyl groups excluding tert-OH is 1. The number of nitrogens with one attached hydrogen (secondary N) is 1. The first-order chi connectivity index (χ1) is 5.20. The highest BCUT2D eigenvalue weighted by Gasteiger charge is 2.12. The van der Waals surface area contributed by atoms with Crippen LogP contribution in [0.5, 0.6) is 0 Å². The van der Waals surface area contributed by atoms with Crippen molar-refractivity contribution in [3.8, 4) is 0 Å². The van der Waals surface area contributed by atoms with Crippen molar-refractivity contribution in [2.45, 2.75) is 19.8 Å². The van der Waals surface area contributed by atoms with Gasteiger partial charge in [-0.15, -0.1) is 0 Å². The molecule has 0 aromatic rings. The smallest absolute Gasteiger partial charge is 0.123 e. The zero-order chi connectivity index (χ0) is 8.27. The largest absolute Gasteiger partial charge is 0.512 e. The van der Waals surface area contributed by atoms with Crippen LogP contribution in [0.3, 0.4) is 0 Å². The fourth-order valence-electron chi connectivity index (χ4n) is 1.25. The van der Waals surface area contributed by atoms with E-state index in [0.29, 0.717) is 5.84 Å². The highest BCUT2D eigenvalue weighted by atomic mass is 16.3. The second kappa shape index (κ2) is 3.42. The average Bonchev–Trinajstić information content (AvgIpc) is 2.35. The quantitative estimate of drug-likeness (QED) is 0.342. The Hall–Kier alpha value is -0.990. The zero-order valence-corrected chi connectivity index (χ0v) is 6.80. The highest BCUT2D eigenvalue weighted by Crippen LogP contribution is 2.08. The second-order valence-corrected chi connectivity index (χ2v) is 2.87. The van der Waals surface area contributed by atoms with Crippen LogP contribution in [0, 0.1) is 5.41 Å². The lowest BCUT2D eigenvalue weighted by molar-refractivity contribution is 0.413. The van der Waals surface area contributed by atoms with Crippen molar-refractivity contribution < 1.29 is 5.11 Å². The SMILES string of the molecule is C/C(O)=C/C(=N)N1CCCC1. The summed E-state index contributed by atoms with van der Waals surface area (Å²) in [5, 5.41) is 16.4. The number of nitrogens with zero attached hydrogens (tertiary/aromatic N) is 1. The maximum absolute atomic E-state index is 8.88. The third kappa shape index (κ3) is 2.26. The van der Waals surface area contributed by atoms with E-state index in [1.807, 2.05) is 4.90 Å². The van der Waals surface area contributed by atoms with Gasteiger partial charge in [0.15, 0.2) is 0 Å². The number of rotatable bonds is 1. The number of aliphatic hydroxyl groups is 1. The van der Waals surface area contributed by atoms with Gasteiger partial charge in [-0.3, -0.25) is 5.41 Å². The molecule has 0 saturated carbocycles. The Morgan fingerprint density at radius 1 is 1.45 bits per heavy atom. The average molecular weight is 154 g/mol. The summed E-state index contributed by atoms with van der Waals surface area (Å²) in [6, 6.07) is 0. The van der Waals surface area contributed by atoms with Crippen LogP contribution in [-0.4, -0.2) is 28.9 Å². The van der Waals surface area contributed by atoms with E-state index in [4.69, 9.17) is 10.5 Å². The Kier molecular flexibility index (Phi) is 2.52. The molecule has 62 valence electrons. The molecule has 1 rings (SSSR count). The molecule has 1 heterocycles. The molecule has 3 heteroatoms. The molecular weight excluding hydrogens is 140 g/mol. The third-order valence-corrected chi connectivity index (χ3v) is 1.79. The first kappa shape index (κ1) is 8.11. The zero-order valence-electron chi connectivity index (χ0n) is 6.80. The van der Waals surface area contributed by atoms with E-state index in [1.165, 1.54) is 18.9 Å². The van der Waals surface area contributed by atoms with Gasteiger partial charge in [0.05, 0.1) is 5.76 Å². The van der Waals surface area contributed by atoms with E-state index in [2.05, 4.69) is 0 Å². The molecule has 0 aliphatic carbocycles. The van der Waals surface area contributed by atoms with E-state index in [0.717, 1.165) is 13.1 Å². The van der Waals surface area contributed by atoms with Crippen LogP contribution < -0.4 is 0 Å². The summed E-state index contributed by atoms with van der Waals surface area (Å²) in [5.41, 5.74) is 0. The molecule has 0 aromatic heterocycles. The molecule has 1 aliphatic rings. The normalized spacial score (nSPS) is 19.0. The van der Waals surface area contributed by atoms with Crippen LogP contribution >= 0.6 is 0 Å². The van der Waals surface area contributed by atoms with Gasteiger partial charge < -0.3 is 10.0 Å². The number of hydrogen-bond acceptors (Lipinski definition) is 2. The Balaban J connectivity index is 2.47. The summed E-state index contributed by atoms with van der Waals surface area (Å²) in [7, 11) is 0. The van der Waals surface area contributed by atoms with Gasteiger partial charge in [-0.2, -0.15) is 0 Å². The molecule has 0 aromatic carbocycles. The Morgan fingerprint density at radius 2 is 2.00 bits per heavy atom. The van der Waals surface area contributed by atoms with Gasteiger partial charge in [0.25, 0.3) is 0 Å². The lowest BCUT2D eigenvalue weighted by atomic mass is 10.4. The maximum atomic E-state index is 8.88. The van der Waals surface area contributed by atoms with Crippen LogP contribution in [0.4, 0.5) is 0 Å². The summed E-state index contributed by atoms with van der Waals surface area (Å²) < 4.78 is 0. The molecule has 11 heavy (non-hydrogen) atoms. The van der Waals surface area contributed by atoms with Crippen molar-refractivity contribution in [1.82, 2.24) is 4.90 Å². The first-order valence-electron chi connectivity index (χ1n) is 3.91. The van der Waals surface area contributed by atoms with Crippen LogP contribution in [0.2, 0.25) is 0 Å². The van der Waals surface area contributed by atoms with Crippen LogP contribution in [-0.2, 0) is 0 Å². The lowest BCUT2D eigenvalue weighted by Gasteiger charge is -2.14. The van der Waals surface area contributed by atoms with E-state index in [9.17, 15) is 0 Å². The number of likely N-dealkylation sites (tertiary alicyclic amines) is 1. The van der Waals surface area contributed by atoms with Crippen molar-refractivity contribution in [3.63, 3.8) is 0 Å². The van der Waals surface area contributed by atoms with Gasteiger partial charge in [-0.25, -0.2) is 0 Å². The number of allylic oxidation sites excluding steroid dienone is 1. The first-order valence-corrected chi connectivity index (χ1v) is 3.91. The second-order valence-electron chi connectivity index (χ2n) is 2.87. The van der Waals surface area contributed by atoms with Gasteiger partial charge in [-0.05, 0) is 19.8 Å². The Labute approximate surface area is 66.8 Å². The highest BCUT2D eigenvalue weighted by molar-refractivity contribution is 5.90. The minimum absolute atomic E-state index is 0.210. The van der Waals surface area contributed by atoms with Crippen LogP contribution in [0.25, 0.3) is 0 Å². The van der Waals surface area contributed by atoms with E-state index < -0.39 is 0 Å². The summed E-state index contributed by atoms with van der Waals surface area (Å²) in [5.74, 6) is 0.643. The van der Waals surface area contributed by atoms with Crippen LogP contribution in [0.15, 0.2) is 11.8 Å². The minimum Gasteiger partial charge on any atom is -0.512 e. The number of amidine groups is 1. The van der Waals surface area contributed by atoms with Crippen molar-refractivity contribution in [3.05, 3.63) is 11.8 Å². The molecule has 0 amide bonds. The predicted octanol–water partition coefficient (Wildman–Crippen LogP) is 1.52. The number of hydrogen-bond donors (Lipinski definition) is 2. The van der Waals surface area contributed by atoms with Crippen molar-refractivity contribution in [2.24, 2.45) is 0 Å². The Morgan fingerprint density at radius 3 is 2.45 bits per heavy atom. The molecule has 3 nitrogen and oxygen atoms in total. The molecule has 1 aliphatic heterocycles. The van der Waals surface area contributed by atoms with Gasteiger partial charge >= 0.3 is 0 Å². The molecule has 0 atom stereocenters. The Bertz CT molecular complexity index is 177. The summed E-state index contributed by atoms with van der Waals surface area (Å²) in [6.45, 7) is 3.51. The summed E-state index contributed by atoms with van der Waals surface area (Å²) >= 11 is 0. The topological polar surface area (TPSA) is 47.3 Å². The fraction of sp³-hybridized carbons (Fsp3) is 0.625. The predicted molar refractivity (Wildman–Crippen MR) is 44.9 cm³/mol. The maximum Gasteiger partial charge on any atom is 0.123 e. The molecular formula is C8H14N2O. The van der Waals surface area contributed by atoms with Crippen molar-refractivity contribution in [1.29, 1.82) is 5.41 Å². The van der Waals surface area contributed by atoms with Gasteiger partial charge in [0.2, 0.25) is 0 Å². The monoisotopic (exact) mass is 154 g/mol. The molecule has 2 N–H and O–H groups in total. The van der Waals surface area contributed by atoms with E-state index in [1.54, 1.807) is 6.92 Å². The molecule has 0 bridgehead atoms. The van der Waals surface area contributed by atoms with Gasteiger partial charge in [-0.1, -0.05) is 0 Å². The van der Waals surface area contributed by atoms with Crippen LogP contribution in [0.1, 0.15) is 19.8 Å². The van der Waals surface area contributed by atoms with E-state index >= 15 is 0 Å². The van der Waals surface area contributed by atoms with Gasteiger partial charge in [0.1, 0.15) is 5.84 Å². The third-order valence-electron chi connectivity index (χ3n) is 1.79. The standard InChI is InChI=1S/C8H14N2O/c1-7(11)6-8(9)10-4-2-3-5-10/h6,9,11H,2-5H2,1H3/b7-6-,9-8?. The summed E-state index contributed by atoms with van der Waals surface area (Å²) in [6.07, 6.45) is 3.83. The summed E-state index contributed by atoms with van der Waals surface area (Å²) in [4.78, 5) is 1.97. The van der Waals surface area contributed by atoms with Crippen molar-refractivity contribution >= 4 is 5.84 Å². The molecule has 1 fully saturated rings. The fourth-order valence-corrected chi connectivity index (χ4v) is 1.25. The van der Waals surface area contributed by atoms with Gasteiger partial charge in [0, 0.05) is 19.2 Å². The lowest BCUT2D eigenvalue weighted by Crippen LogP contribution is -2.25. The minimum atomic E-state index is 0.210.